The number of hydrogen-bond donors (Lipinski definition) is 0. The first-order valence-electron chi connectivity index (χ1n) is 32.5. The zero-order chi connectivity index (χ0) is 69.2. The third-order valence-electron chi connectivity index (χ3n) is 16.1. The summed E-state index contributed by atoms with van der Waals surface area (Å²) in [6, 6.07) is 67.9. The average Bonchev–Trinajstić information content (AvgIpc) is 0.683. The van der Waals surface area contributed by atoms with Gasteiger partial charge in [-0.3, -0.25) is 0 Å². The molecule has 7 aromatic carbocycles. The van der Waals surface area contributed by atoms with E-state index in [9.17, 15) is 14.4 Å². The molecule has 18 nitrogen and oxygen atoms in total. The molecule has 0 atom stereocenters. The molecule has 0 saturated carbocycles. The van der Waals surface area contributed by atoms with Gasteiger partial charge in [-0.1, -0.05) is 232 Å². The van der Waals surface area contributed by atoms with Crippen LogP contribution in [0.25, 0.3) is 0 Å². The minimum atomic E-state index is -5.18. The highest BCUT2D eigenvalue weighted by Crippen LogP contribution is 2.45. The van der Waals surface area contributed by atoms with Crippen molar-refractivity contribution in [2.45, 2.75) is 97.4 Å². The van der Waals surface area contributed by atoms with Crippen molar-refractivity contribution in [3.8, 4) is 0 Å². The Morgan fingerprint density at radius 3 is 0.660 bits per heavy atom. The monoisotopic (exact) mass is 1480 g/mol. The number of benzene rings is 7. The summed E-state index contributed by atoms with van der Waals surface area (Å²) in [6.45, 7) is 29.0. The van der Waals surface area contributed by atoms with E-state index in [4.69, 9.17) is 63.6 Å². The molecule has 510 valence electrons. The fourth-order valence-corrected chi connectivity index (χ4v) is 62.5. The Kier molecular flexibility index (Phi) is 23.3. The van der Waals surface area contributed by atoms with Gasteiger partial charge in [0.15, 0.2) is 25.0 Å². The lowest BCUT2D eigenvalue weighted by Gasteiger charge is -2.59. The van der Waals surface area contributed by atoms with E-state index in [0.29, 0.717) is 73.7 Å². The molecule has 10 rings (SSSR count). The average molecular weight is 1480 g/mol. The zero-order valence-electron chi connectivity index (χ0n) is 56.5. The first-order valence-corrected chi connectivity index (χ1v) is 53.9. The van der Waals surface area contributed by atoms with Crippen molar-refractivity contribution < 1.29 is 78.0 Å². The second-order valence-electron chi connectivity index (χ2n) is 26.0. The van der Waals surface area contributed by atoms with Crippen molar-refractivity contribution in [3.05, 3.63) is 249 Å². The molecule has 7 aromatic rings. The van der Waals surface area contributed by atoms with Crippen LogP contribution >= 0.6 is 0 Å². The SMILES string of the molecule is C=C(C)C(=O)OCCC[Si](C)(C)O[Si]1(c2ccccc2)O[Si]2(c3ccccc3)O[Si](O[Si](C)(C)CCCOC(=O)C(=C)C)(c3ccccc3)O[Si]3(c4ccccc4)O[Si](O[Si](C)(C)CCCOC(=O)C(=C)C)(c4ccccc4)O[Si](c4ccccc4)(O1)O[Si](c1ccccc1)(O2)O3. The standard InChI is InChI=1S/C69H86O18Si10/c1-57(2)67(70)73-51-34-54-88(7,8)76-91(60-37-20-13-21-38-60)79-94(63-43-26-16-27-44-63)81-92(61-39-22-14-23-40-61,77-89(9,10)55-35-52-74-68(71)58(3)4)83-96(65-47-30-18-31-48-65)84-93(62-41-24-15-25-42-62,78-90(11,12)56-36-53-75-69(72)59(5)6)82-95(80-91,64-45-28-17-29-46-64)86-97(85-94,87-96)66-49-32-19-33-50-66/h13-33,37-50H,1,3,5,34-36,51-56H2,2,4,6-12H3. The van der Waals surface area contributed by atoms with E-state index in [1.165, 1.54) is 0 Å². The Morgan fingerprint density at radius 1 is 0.299 bits per heavy atom. The lowest BCUT2D eigenvalue weighted by atomic mass is 10.4. The molecule has 0 spiro atoms. The quantitative estimate of drug-likeness (QED) is 0.0148. The summed E-state index contributed by atoms with van der Waals surface area (Å²) < 4.78 is 119. The van der Waals surface area contributed by atoms with Gasteiger partial charge in [0.1, 0.15) is 0 Å². The molecule has 0 N–H and O–H groups in total. The minimum Gasteiger partial charge on any atom is -0.462 e. The zero-order valence-corrected chi connectivity index (χ0v) is 66.5. The van der Waals surface area contributed by atoms with E-state index in [1.54, 1.807) is 20.8 Å². The first kappa shape index (κ1) is 73.6. The molecule has 0 amide bonds. The summed E-state index contributed by atoms with van der Waals surface area (Å²) in [5.41, 5.74) is 0.846. The minimum absolute atomic E-state index is 0.0816. The predicted molar refractivity (Wildman–Crippen MR) is 394 cm³/mol. The van der Waals surface area contributed by atoms with Crippen molar-refractivity contribution in [1.82, 2.24) is 0 Å². The van der Waals surface area contributed by atoms with E-state index in [-0.39, 0.29) is 36.5 Å². The molecule has 0 unspecified atom stereocenters. The van der Waals surface area contributed by atoms with Crippen molar-refractivity contribution in [2.75, 3.05) is 19.8 Å². The smallest absolute Gasteiger partial charge is 0.462 e. The molecular weight excluding hydrogens is 1400 g/mol. The Bertz CT molecular complexity index is 3480. The van der Waals surface area contributed by atoms with Crippen molar-refractivity contribution in [2.24, 2.45) is 0 Å². The van der Waals surface area contributed by atoms with E-state index in [2.05, 4.69) is 59.0 Å². The molecule has 3 fully saturated rings. The summed E-state index contributed by atoms with van der Waals surface area (Å²) in [5.74, 6) is -1.50. The number of carbonyl (C=O) groups is 3. The van der Waals surface area contributed by atoms with Crippen LogP contribution in [0, 0.1) is 0 Å². The Morgan fingerprint density at radius 2 is 0.474 bits per heavy atom. The molecule has 3 heterocycles. The third kappa shape index (κ3) is 17.4. The van der Waals surface area contributed by atoms with Gasteiger partial charge in [-0.05, 0) is 97.4 Å². The van der Waals surface area contributed by atoms with E-state index < -0.39 is 104 Å². The number of esters is 3. The third-order valence-corrected chi connectivity index (χ3v) is 57.2. The van der Waals surface area contributed by atoms with Crippen LogP contribution in [0.2, 0.25) is 57.4 Å². The second kappa shape index (κ2) is 30.8. The molecule has 97 heavy (non-hydrogen) atoms. The van der Waals surface area contributed by atoms with Crippen LogP contribution < -0.4 is 36.3 Å². The van der Waals surface area contributed by atoms with E-state index in [0.717, 1.165) is 0 Å². The van der Waals surface area contributed by atoms with Crippen LogP contribution in [0.5, 0.6) is 0 Å². The van der Waals surface area contributed by atoms with Crippen LogP contribution in [0.4, 0.5) is 0 Å². The molecule has 0 aromatic heterocycles. The molecular formula is C69H86O18Si10. The van der Waals surface area contributed by atoms with Gasteiger partial charge >= 0.3 is 79.5 Å². The summed E-state index contributed by atoms with van der Waals surface area (Å²) in [7, 11) is -45.8. The summed E-state index contributed by atoms with van der Waals surface area (Å²) in [6.07, 6.45) is 1.21. The molecule has 0 aliphatic carbocycles. The van der Waals surface area contributed by atoms with Gasteiger partial charge in [0.05, 0.1) is 19.8 Å². The Labute approximate surface area is 580 Å². The number of carbonyl (C=O) groups excluding carboxylic acids is 3. The summed E-state index contributed by atoms with van der Waals surface area (Å²) >= 11 is 0. The van der Waals surface area contributed by atoms with Crippen LogP contribution in [-0.4, -0.2) is 124 Å². The maximum Gasteiger partial charge on any atom is 0.515 e. The van der Waals surface area contributed by atoms with Gasteiger partial charge in [0.25, 0.3) is 0 Å². The molecule has 0 radical (unpaired) electrons. The van der Waals surface area contributed by atoms with Crippen LogP contribution in [0.1, 0.15) is 40.0 Å². The number of fused-ring (bicyclic) bond motifs is 3. The van der Waals surface area contributed by atoms with E-state index >= 15 is 0 Å². The maximum absolute atomic E-state index is 12.9. The molecule has 3 aliphatic rings. The lowest BCUT2D eigenvalue weighted by molar-refractivity contribution is -0.139. The van der Waals surface area contributed by atoms with Gasteiger partial charge in [-0.2, -0.15) is 0 Å². The topological polar surface area (TPSA) is 190 Å². The second-order valence-corrected chi connectivity index (χ2v) is 59.7. The molecule has 28 heteroatoms. The molecule has 3 saturated heterocycles. The summed E-state index contributed by atoms with van der Waals surface area (Å²) in [5, 5.41) is 3.36. The maximum atomic E-state index is 12.9. The van der Waals surface area contributed by atoms with Crippen LogP contribution in [0.3, 0.4) is 0 Å². The Hall–Kier alpha value is -6.14. The first-order chi connectivity index (χ1) is 46.2. The Balaban J connectivity index is 1.37. The highest BCUT2D eigenvalue weighted by molar-refractivity contribution is 7.11. The fraction of sp³-hybridized carbons (Fsp3) is 0.261. The van der Waals surface area contributed by atoms with Gasteiger partial charge in [-0.15, -0.1) is 0 Å². The molecule has 3 aliphatic heterocycles. The lowest BCUT2D eigenvalue weighted by Crippen LogP contribution is -2.92. The number of rotatable bonds is 28. The van der Waals surface area contributed by atoms with Crippen molar-refractivity contribution >= 4 is 141 Å². The normalized spacial score (nSPS) is 25.0. The summed E-state index contributed by atoms with van der Waals surface area (Å²) in [4.78, 5) is 38.8. The van der Waals surface area contributed by atoms with Crippen LogP contribution in [0.15, 0.2) is 249 Å². The predicted octanol–water partition coefficient (Wildman–Crippen LogP) is 9.29. The number of hydrogen-bond acceptors (Lipinski definition) is 18. The van der Waals surface area contributed by atoms with Crippen molar-refractivity contribution in [1.29, 1.82) is 0 Å². The van der Waals surface area contributed by atoms with Crippen LogP contribution in [-0.2, 0) is 78.0 Å². The van der Waals surface area contributed by atoms with Gasteiger partial charge in [0, 0.05) is 53.0 Å². The number of ether oxygens (including phenoxy) is 3. The largest absolute Gasteiger partial charge is 0.515 e. The highest BCUT2D eigenvalue weighted by atomic mass is 28.6. The van der Waals surface area contributed by atoms with E-state index in [1.807, 2.05) is 212 Å². The molecule has 4 bridgehead atoms. The highest BCUT2D eigenvalue weighted by Gasteiger charge is 2.81. The van der Waals surface area contributed by atoms with Crippen molar-refractivity contribution in [3.63, 3.8) is 0 Å². The van der Waals surface area contributed by atoms with Gasteiger partial charge in [-0.25, -0.2) is 14.4 Å². The van der Waals surface area contributed by atoms with Gasteiger partial charge < -0.3 is 63.6 Å². The van der Waals surface area contributed by atoms with Gasteiger partial charge in [0.2, 0.25) is 0 Å². The fourth-order valence-electron chi connectivity index (χ4n) is 11.4.